The molecule has 0 radical (unpaired) electrons. The third-order valence-corrected chi connectivity index (χ3v) is 2.91. The summed E-state index contributed by atoms with van der Waals surface area (Å²) in [6.07, 6.45) is 0.404. The number of hydrogen-bond acceptors (Lipinski definition) is 4. The van der Waals surface area contributed by atoms with Gasteiger partial charge in [-0.1, -0.05) is 12.1 Å². The summed E-state index contributed by atoms with van der Waals surface area (Å²) in [6.45, 7) is 2.10. The highest BCUT2D eigenvalue weighted by Crippen LogP contribution is 2.30. The molecule has 0 bridgehead atoms. The van der Waals surface area contributed by atoms with Crippen molar-refractivity contribution in [1.82, 2.24) is 0 Å². The number of para-hydroxylation sites is 2. The highest BCUT2D eigenvalue weighted by Gasteiger charge is 2.22. The Bertz CT molecular complexity index is 411. The average Bonchev–Trinajstić information content (AvgIpc) is 2.54. The van der Waals surface area contributed by atoms with Gasteiger partial charge in [0.25, 0.3) is 0 Å². The zero-order valence-corrected chi connectivity index (χ0v) is 11.1. The Morgan fingerprint density at radius 1 is 1.33 bits per heavy atom. The summed E-state index contributed by atoms with van der Waals surface area (Å²) in [4.78, 5) is 13.8. The van der Waals surface area contributed by atoms with Gasteiger partial charge in [0.05, 0.1) is 31.9 Å². The number of ether oxygens (including phenoxy) is 2. The number of hydrogen-bond donors (Lipinski definition) is 1. The molecule has 0 aliphatic carbocycles. The lowest BCUT2D eigenvalue weighted by Gasteiger charge is -2.21. The van der Waals surface area contributed by atoms with E-state index in [1.807, 2.05) is 24.3 Å². The van der Waals surface area contributed by atoms with Crippen LogP contribution in [0.5, 0.6) is 5.75 Å². The van der Waals surface area contributed by atoms with Crippen LogP contribution in [0.4, 0.5) is 5.69 Å². The molecule has 0 saturated heterocycles. The van der Waals surface area contributed by atoms with Gasteiger partial charge in [0.15, 0.2) is 0 Å². The first-order chi connectivity index (χ1) is 8.83. The molecular weight excluding hydrogens is 250 g/mol. The van der Waals surface area contributed by atoms with Crippen molar-refractivity contribution >= 4 is 24.2 Å². The molecule has 4 nitrogen and oxygen atoms in total. The second kappa shape index (κ2) is 6.66. The van der Waals surface area contributed by atoms with E-state index in [0.717, 1.165) is 11.4 Å². The van der Waals surface area contributed by atoms with Crippen LogP contribution in [0.25, 0.3) is 0 Å². The van der Waals surface area contributed by atoms with Gasteiger partial charge in [0.2, 0.25) is 5.91 Å². The monoisotopic (exact) mass is 267 g/mol. The summed E-state index contributed by atoms with van der Waals surface area (Å²) in [5, 5.41) is 0. The first-order valence-electron chi connectivity index (χ1n) is 6.03. The SMILES string of the molecule is O=C1CCOc2ccccc2N1CCOCCS. The van der Waals surface area contributed by atoms with Crippen LogP contribution in [-0.4, -0.2) is 38.0 Å². The molecule has 1 aliphatic rings. The summed E-state index contributed by atoms with van der Waals surface area (Å²) >= 11 is 4.07. The van der Waals surface area contributed by atoms with Gasteiger partial charge in [-0.3, -0.25) is 4.79 Å². The lowest BCUT2D eigenvalue weighted by Crippen LogP contribution is -2.33. The molecular formula is C13H17NO3S. The molecule has 2 rings (SSSR count). The van der Waals surface area contributed by atoms with Crippen molar-refractivity contribution in [3.8, 4) is 5.75 Å². The minimum Gasteiger partial charge on any atom is -0.491 e. The Labute approximate surface area is 112 Å². The zero-order valence-electron chi connectivity index (χ0n) is 10.2. The number of amides is 1. The molecule has 5 heteroatoms. The van der Waals surface area contributed by atoms with Crippen LogP contribution < -0.4 is 9.64 Å². The third-order valence-electron chi connectivity index (χ3n) is 2.73. The topological polar surface area (TPSA) is 38.8 Å². The van der Waals surface area contributed by atoms with E-state index < -0.39 is 0 Å². The molecule has 0 atom stereocenters. The molecule has 1 aromatic carbocycles. The smallest absolute Gasteiger partial charge is 0.230 e. The highest BCUT2D eigenvalue weighted by molar-refractivity contribution is 7.80. The van der Waals surface area contributed by atoms with Gasteiger partial charge in [-0.25, -0.2) is 0 Å². The van der Waals surface area contributed by atoms with Gasteiger partial charge in [-0.15, -0.1) is 0 Å². The van der Waals surface area contributed by atoms with Crippen LogP contribution in [0.2, 0.25) is 0 Å². The van der Waals surface area contributed by atoms with E-state index in [1.54, 1.807) is 4.90 Å². The van der Waals surface area contributed by atoms with Crippen LogP contribution >= 0.6 is 12.6 Å². The number of thiol groups is 1. The van der Waals surface area contributed by atoms with E-state index in [0.29, 0.717) is 38.5 Å². The molecule has 1 aliphatic heterocycles. The van der Waals surface area contributed by atoms with Crippen LogP contribution in [-0.2, 0) is 9.53 Å². The fraction of sp³-hybridized carbons (Fsp3) is 0.462. The van der Waals surface area contributed by atoms with Crippen molar-refractivity contribution in [3.05, 3.63) is 24.3 Å². The molecule has 0 spiro atoms. The van der Waals surface area contributed by atoms with Crippen LogP contribution in [0, 0.1) is 0 Å². The van der Waals surface area contributed by atoms with E-state index in [2.05, 4.69) is 12.6 Å². The first kappa shape index (κ1) is 13.2. The Hall–Kier alpha value is -1.20. The second-order valence-corrected chi connectivity index (χ2v) is 4.39. The van der Waals surface area contributed by atoms with Crippen molar-refractivity contribution in [2.45, 2.75) is 6.42 Å². The Morgan fingerprint density at radius 3 is 3.00 bits per heavy atom. The molecule has 0 saturated carbocycles. The first-order valence-corrected chi connectivity index (χ1v) is 6.67. The molecule has 1 aromatic rings. The summed E-state index contributed by atoms with van der Waals surface area (Å²) in [5.41, 5.74) is 0.828. The normalized spacial score (nSPS) is 14.9. The molecule has 98 valence electrons. The van der Waals surface area contributed by atoms with Crippen LogP contribution in [0.3, 0.4) is 0 Å². The Balaban J connectivity index is 2.08. The molecule has 1 amide bonds. The van der Waals surface area contributed by atoms with Crippen molar-refractivity contribution in [1.29, 1.82) is 0 Å². The molecule has 18 heavy (non-hydrogen) atoms. The van der Waals surface area contributed by atoms with Crippen molar-refractivity contribution in [2.24, 2.45) is 0 Å². The van der Waals surface area contributed by atoms with Gasteiger partial charge in [-0.05, 0) is 12.1 Å². The molecule has 0 aromatic heterocycles. The number of carbonyl (C=O) groups is 1. The average molecular weight is 267 g/mol. The number of anilines is 1. The number of carbonyl (C=O) groups excluding carboxylic acids is 1. The fourth-order valence-corrected chi connectivity index (χ4v) is 2.02. The van der Waals surface area contributed by atoms with E-state index in [1.165, 1.54) is 0 Å². The molecule has 0 fully saturated rings. The lowest BCUT2D eigenvalue weighted by atomic mass is 10.2. The number of benzene rings is 1. The Morgan fingerprint density at radius 2 is 2.17 bits per heavy atom. The zero-order chi connectivity index (χ0) is 12.8. The number of rotatable bonds is 5. The molecule has 0 N–H and O–H groups in total. The molecule has 0 unspecified atom stereocenters. The van der Waals surface area contributed by atoms with Crippen LogP contribution in [0.1, 0.15) is 6.42 Å². The third kappa shape index (κ3) is 3.17. The fourth-order valence-electron chi connectivity index (χ4n) is 1.89. The standard InChI is InChI=1S/C13H17NO3S/c15-13-5-7-17-12-4-2-1-3-11(12)14(13)6-8-16-9-10-18/h1-4,18H,5-10H2. The quantitative estimate of drug-likeness (QED) is 0.652. The van der Waals surface area contributed by atoms with E-state index in [9.17, 15) is 4.79 Å². The number of fused-ring (bicyclic) bond motifs is 1. The minimum absolute atomic E-state index is 0.0782. The maximum Gasteiger partial charge on any atom is 0.230 e. The van der Waals surface area contributed by atoms with Gasteiger partial charge in [-0.2, -0.15) is 12.6 Å². The minimum atomic E-state index is 0.0782. The van der Waals surface area contributed by atoms with E-state index >= 15 is 0 Å². The van der Waals surface area contributed by atoms with Crippen molar-refractivity contribution in [2.75, 3.05) is 37.0 Å². The van der Waals surface area contributed by atoms with E-state index in [4.69, 9.17) is 9.47 Å². The predicted octanol–water partition coefficient (Wildman–Crippen LogP) is 1.75. The second-order valence-electron chi connectivity index (χ2n) is 3.95. The van der Waals surface area contributed by atoms with E-state index in [-0.39, 0.29) is 5.91 Å². The van der Waals surface area contributed by atoms with Gasteiger partial charge >= 0.3 is 0 Å². The van der Waals surface area contributed by atoms with Crippen molar-refractivity contribution < 1.29 is 14.3 Å². The summed E-state index contributed by atoms with van der Waals surface area (Å²) in [5.74, 6) is 1.53. The van der Waals surface area contributed by atoms with Gasteiger partial charge in [0, 0.05) is 12.3 Å². The number of nitrogens with zero attached hydrogens (tertiary/aromatic N) is 1. The lowest BCUT2D eigenvalue weighted by molar-refractivity contribution is -0.119. The summed E-state index contributed by atoms with van der Waals surface area (Å²) in [7, 11) is 0. The summed E-state index contributed by atoms with van der Waals surface area (Å²) < 4.78 is 10.9. The van der Waals surface area contributed by atoms with Crippen molar-refractivity contribution in [3.63, 3.8) is 0 Å². The van der Waals surface area contributed by atoms with Crippen LogP contribution in [0.15, 0.2) is 24.3 Å². The molecule has 1 heterocycles. The van der Waals surface area contributed by atoms with Gasteiger partial charge < -0.3 is 14.4 Å². The summed E-state index contributed by atoms with van der Waals surface area (Å²) in [6, 6.07) is 7.60. The Kier molecular flexibility index (Phi) is 4.90. The highest BCUT2D eigenvalue weighted by atomic mass is 32.1. The predicted molar refractivity (Wildman–Crippen MR) is 73.6 cm³/mol. The largest absolute Gasteiger partial charge is 0.491 e. The maximum absolute atomic E-state index is 12.0. The van der Waals surface area contributed by atoms with Gasteiger partial charge in [0.1, 0.15) is 5.75 Å². The maximum atomic E-state index is 12.0.